The molecule has 2 amide bonds. The van der Waals surface area contributed by atoms with Gasteiger partial charge in [-0.15, -0.1) is 0 Å². The molecule has 0 bridgehead atoms. The van der Waals surface area contributed by atoms with Crippen LogP contribution in [0.5, 0.6) is 0 Å². The highest BCUT2D eigenvalue weighted by Crippen LogP contribution is 2.17. The summed E-state index contributed by atoms with van der Waals surface area (Å²) < 4.78 is 10.5. The van der Waals surface area contributed by atoms with Gasteiger partial charge in [0.15, 0.2) is 0 Å². The number of piperazine rings is 1. The molecule has 1 aliphatic heterocycles. The highest BCUT2D eigenvalue weighted by Gasteiger charge is 2.33. The van der Waals surface area contributed by atoms with Crippen molar-refractivity contribution in [1.82, 2.24) is 9.80 Å². The van der Waals surface area contributed by atoms with E-state index < -0.39 is 5.60 Å². The van der Waals surface area contributed by atoms with E-state index in [0.717, 1.165) is 0 Å². The molecule has 7 nitrogen and oxygen atoms in total. The number of ether oxygens (including phenoxy) is 2. The molecular formula is C16H31N3O4. The highest BCUT2D eigenvalue weighted by atomic mass is 16.6. The maximum atomic E-state index is 12.4. The van der Waals surface area contributed by atoms with Gasteiger partial charge >= 0.3 is 6.09 Å². The van der Waals surface area contributed by atoms with Crippen LogP contribution in [0.4, 0.5) is 4.79 Å². The summed E-state index contributed by atoms with van der Waals surface area (Å²) in [5.41, 5.74) is 5.28. The molecule has 2 atom stereocenters. The van der Waals surface area contributed by atoms with E-state index in [-0.39, 0.29) is 24.0 Å². The average Bonchev–Trinajstić information content (AvgIpc) is 2.44. The van der Waals surface area contributed by atoms with Gasteiger partial charge in [0.1, 0.15) is 5.60 Å². The summed E-state index contributed by atoms with van der Waals surface area (Å²) >= 11 is 0. The number of nitrogens with two attached hydrogens (primary N) is 1. The fraction of sp³-hybridized carbons (Fsp3) is 0.875. The number of hydrogen-bond donors (Lipinski definition) is 1. The van der Waals surface area contributed by atoms with Crippen LogP contribution in [0.3, 0.4) is 0 Å². The second-order valence-electron chi connectivity index (χ2n) is 7.17. The van der Waals surface area contributed by atoms with Crippen LogP contribution in [-0.4, -0.2) is 73.3 Å². The number of carbonyl (C=O) groups excluding carboxylic acids is 2. The van der Waals surface area contributed by atoms with Gasteiger partial charge < -0.3 is 25.0 Å². The molecule has 0 saturated carbocycles. The number of amides is 2. The molecule has 0 aliphatic carbocycles. The van der Waals surface area contributed by atoms with Crippen molar-refractivity contribution in [3.8, 4) is 0 Å². The fourth-order valence-corrected chi connectivity index (χ4v) is 2.64. The Hall–Kier alpha value is -1.34. The molecule has 7 heteroatoms. The Balaban J connectivity index is 2.61. The quantitative estimate of drug-likeness (QED) is 0.815. The van der Waals surface area contributed by atoms with E-state index in [1.54, 1.807) is 16.9 Å². The van der Waals surface area contributed by atoms with Crippen LogP contribution in [0.15, 0.2) is 0 Å². The van der Waals surface area contributed by atoms with Gasteiger partial charge in [0.25, 0.3) is 0 Å². The molecule has 23 heavy (non-hydrogen) atoms. The van der Waals surface area contributed by atoms with E-state index in [2.05, 4.69) is 0 Å². The molecule has 0 spiro atoms. The molecule has 0 radical (unpaired) electrons. The van der Waals surface area contributed by atoms with Crippen LogP contribution in [0, 0.1) is 5.92 Å². The molecule has 1 heterocycles. The first-order valence-corrected chi connectivity index (χ1v) is 8.14. The van der Waals surface area contributed by atoms with Crippen molar-refractivity contribution in [3.05, 3.63) is 0 Å². The van der Waals surface area contributed by atoms with Crippen LogP contribution < -0.4 is 5.73 Å². The van der Waals surface area contributed by atoms with Crippen molar-refractivity contribution in [2.24, 2.45) is 11.7 Å². The Labute approximate surface area is 139 Å². The average molecular weight is 329 g/mol. The molecule has 0 aromatic rings. The number of carbonyl (C=O) groups is 2. The van der Waals surface area contributed by atoms with E-state index in [9.17, 15) is 9.59 Å². The second-order valence-corrected chi connectivity index (χ2v) is 7.17. The standard InChI is InChI=1S/C16H31N3O4/c1-12(11-22-5)8-14(20)19-7-6-18(10-13(19)9-17)15(21)23-16(2,3)4/h12-13H,6-11,17H2,1-5H3. The zero-order valence-electron chi connectivity index (χ0n) is 15.0. The molecule has 2 unspecified atom stereocenters. The minimum atomic E-state index is -0.530. The first-order chi connectivity index (χ1) is 10.7. The summed E-state index contributed by atoms with van der Waals surface area (Å²) in [5.74, 6) is 0.226. The lowest BCUT2D eigenvalue weighted by molar-refractivity contribution is -0.137. The largest absolute Gasteiger partial charge is 0.444 e. The Kier molecular flexibility index (Phi) is 7.28. The third-order valence-electron chi connectivity index (χ3n) is 3.70. The summed E-state index contributed by atoms with van der Waals surface area (Å²) in [5, 5.41) is 0. The summed E-state index contributed by atoms with van der Waals surface area (Å²) in [6.45, 7) is 9.73. The van der Waals surface area contributed by atoms with E-state index in [0.29, 0.717) is 39.2 Å². The van der Waals surface area contributed by atoms with Gasteiger partial charge in [-0.3, -0.25) is 4.79 Å². The van der Waals surface area contributed by atoms with E-state index in [4.69, 9.17) is 15.2 Å². The van der Waals surface area contributed by atoms with Crippen molar-refractivity contribution in [3.63, 3.8) is 0 Å². The molecular weight excluding hydrogens is 298 g/mol. The normalized spacial score (nSPS) is 20.3. The van der Waals surface area contributed by atoms with Gasteiger partial charge in [0.2, 0.25) is 5.91 Å². The van der Waals surface area contributed by atoms with Gasteiger partial charge in [-0.2, -0.15) is 0 Å². The summed E-state index contributed by atoms with van der Waals surface area (Å²) in [6.07, 6.45) is 0.0762. The molecule has 2 N–H and O–H groups in total. The van der Waals surface area contributed by atoms with Gasteiger partial charge in [-0.1, -0.05) is 6.92 Å². The fourth-order valence-electron chi connectivity index (χ4n) is 2.64. The maximum Gasteiger partial charge on any atom is 0.410 e. The number of nitrogens with zero attached hydrogens (tertiary/aromatic N) is 2. The van der Waals surface area contributed by atoms with Gasteiger partial charge in [0.05, 0.1) is 6.04 Å². The summed E-state index contributed by atoms with van der Waals surface area (Å²) in [7, 11) is 1.63. The highest BCUT2D eigenvalue weighted by molar-refractivity contribution is 5.77. The lowest BCUT2D eigenvalue weighted by atomic mass is 10.1. The van der Waals surface area contributed by atoms with Gasteiger partial charge in [-0.05, 0) is 26.7 Å². The van der Waals surface area contributed by atoms with Crippen LogP contribution in [-0.2, 0) is 14.3 Å². The van der Waals surface area contributed by atoms with Crippen molar-refractivity contribution in [1.29, 1.82) is 0 Å². The molecule has 1 saturated heterocycles. The molecule has 1 aliphatic rings. The predicted molar refractivity (Wildman–Crippen MR) is 88.0 cm³/mol. The van der Waals surface area contributed by atoms with Crippen LogP contribution in [0.1, 0.15) is 34.1 Å². The Morgan fingerprint density at radius 1 is 1.30 bits per heavy atom. The van der Waals surface area contributed by atoms with Crippen LogP contribution in [0.25, 0.3) is 0 Å². The van der Waals surface area contributed by atoms with E-state index in [1.807, 2.05) is 27.7 Å². The third-order valence-corrected chi connectivity index (χ3v) is 3.70. The Morgan fingerprint density at radius 2 is 1.96 bits per heavy atom. The molecule has 0 aromatic heterocycles. The van der Waals surface area contributed by atoms with Crippen molar-refractivity contribution < 1.29 is 19.1 Å². The van der Waals surface area contributed by atoms with Crippen molar-refractivity contribution in [2.75, 3.05) is 39.9 Å². The van der Waals surface area contributed by atoms with Crippen molar-refractivity contribution >= 4 is 12.0 Å². The Bertz CT molecular complexity index is 409. The van der Waals surface area contributed by atoms with E-state index in [1.165, 1.54) is 0 Å². The minimum absolute atomic E-state index is 0.0637. The second kappa shape index (κ2) is 8.49. The minimum Gasteiger partial charge on any atom is -0.444 e. The van der Waals surface area contributed by atoms with E-state index >= 15 is 0 Å². The summed E-state index contributed by atoms with van der Waals surface area (Å²) in [4.78, 5) is 28.0. The van der Waals surface area contributed by atoms with Gasteiger partial charge in [-0.25, -0.2) is 4.79 Å². The Morgan fingerprint density at radius 3 is 2.48 bits per heavy atom. The number of methoxy groups -OCH3 is 1. The summed E-state index contributed by atoms with van der Waals surface area (Å²) in [6, 6.07) is -0.168. The SMILES string of the molecule is COCC(C)CC(=O)N1CCN(C(=O)OC(C)(C)C)CC1CN. The first-order valence-electron chi connectivity index (χ1n) is 8.14. The first kappa shape index (κ1) is 19.7. The van der Waals surface area contributed by atoms with Crippen LogP contribution >= 0.6 is 0 Å². The van der Waals surface area contributed by atoms with Crippen molar-refractivity contribution in [2.45, 2.75) is 45.8 Å². The van der Waals surface area contributed by atoms with Gasteiger partial charge in [0, 0.05) is 46.3 Å². The topological polar surface area (TPSA) is 85.1 Å². The van der Waals surface area contributed by atoms with Crippen LogP contribution in [0.2, 0.25) is 0 Å². The zero-order chi connectivity index (χ0) is 17.6. The molecule has 0 aromatic carbocycles. The maximum absolute atomic E-state index is 12.4. The number of rotatable bonds is 5. The molecule has 1 rings (SSSR count). The number of hydrogen-bond acceptors (Lipinski definition) is 5. The monoisotopic (exact) mass is 329 g/mol. The third kappa shape index (κ3) is 6.35. The lowest BCUT2D eigenvalue weighted by Gasteiger charge is -2.41. The zero-order valence-corrected chi connectivity index (χ0v) is 15.0. The predicted octanol–water partition coefficient (Wildman–Crippen LogP) is 1.07. The molecule has 1 fully saturated rings. The lowest BCUT2D eigenvalue weighted by Crippen LogP contribution is -2.59. The smallest absolute Gasteiger partial charge is 0.410 e. The molecule has 134 valence electrons.